The van der Waals surface area contributed by atoms with Crippen molar-refractivity contribution in [2.45, 2.75) is 25.8 Å². The fourth-order valence-electron chi connectivity index (χ4n) is 1.86. The zero-order chi connectivity index (χ0) is 13.7. The monoisotopic (exact) mass is 260 g/mol. The minimum atomic E-state index is 0.402. The molecule has 0 aliphatic carbocycles. The van der Waals surface area contributed by atoms with E-state index in [1.165, 1.54) is 0 Å². The molecular formula is C15H20N2O2. The number of hydrogen-bond donors (Lipinski definition) is 1. The van der Waals surface area contributed by atoms with Crippen molar-refractivity contribution < 1.29 is 9.15 Å². The summed E-state index contributed by atoms with van der Waals surface area (Å²) in [5, 5.41) is 3.19. The molecule has 0 amide bonds. The molecule has 0 bridgehead atoms. The first-order valence-electron chi connectivity index (χ1n) is 6.44. The molecule has 4 heteroatoms. The van der Waals surface area contributed by atoms with Crippen LogP contribution in [0.25, 0.3) is 0 Å². The Morgan fingerprint density at radius 3 is 2.68 bits per heavy atom. The van der Waals surface area contributed by atoms with E-state index >= 15 is 0 Å². The highest BCUT2D eigenvalue weighted by molar-refractivity contribution is 5.28. The SMILES string of the molecule is CNC(C)Cc1coc(Cc2ccc(OC)cc2)n1. The molecule has 1 heterocycles. The van der Waals surface area contributed by atoms with Crippen molar-refractivity contribution in [3.05, 3.63) is 47.7 Å². The summed E-state index contributed by atoms with van der Waals surface area (Å²) in [6.07, 6.45) is 3.33. The minimum absolute atomic E-state index is 0.402. The summed E-state index contributed by atoms with van der Waals surface area (Å²) in [6, 6.07) is 8.35. The molecule has 0 saturated carbocycles. The van der Waals surface area contributed by atoms with Gasteiger partial charge in [0, 0.05) is 18.9 Å². The summed E-state index contributed by atoms with van der Waals surface area (Å²) in [4.78, 5) is 4.50. The summed E-state index contributed by atoms with van der Waals surface area (Å²) < 4.78 is 10.6. The first kappa shape index (κ1) is 13.6. The second-order valence-electron chi connectivity index (χ2n) is 4.65. The van der Waals surface area contributed by atoms with Gasteiger partial charge in [0.05, 0.1) is 12.8 Å². The van der Waals surface area contributed by atoms with Gasteiger partial charge in [0.25, 0.3) is 0 Å². The van der Waals surface area contributed by atoms with E-state index in [4.69, 9.17) is 9.15 Å². The lowest BCUT2D eigenvalue weighted by Crippen LogP contribution is -2.23. The number of nitrogens with one attached hydrogen (secondary N) is 1. The molecule has 19 heavy (non-hydrogen) atoms. The number of methoxy groups -OCH3 is 1. The Bertz CT molecular complexity index is 505. The lowest BCUT2D eigenvalue weighted by Gasteiger charge is -2.05. The van der Waals surface area contributed by atoms with Gasteiger partial charge >= 0.3 is 0 Å². The smallest absolute Gasteiger partial charge is 0.198 e. The zero-order valence-corrected chi connectivity index (χ0v) is 11.6. The average Bonchev–Trinajstić information content (AvgIpc) is 2.86. The van der Waals surface area contributed by atoms with Crippen LogP contribution in [-0.2, 0) is 12.8 Å². The van der Waals surface area contributed by atoms with E-state index in [0.717, 1.165) is 29.3 Å². The van der Waals surface area contributed by atoms with Crippen LogP contribution >= 0.6 is 0 Å². The number of likely N-dealkylation sites (N-methyl/N-ethyl adjacent to an activating group) is 1. The van der Waals surface area contributed by atoms with Crippen LogP contribution in [0.4, 0.5) is 0 Å². The molecule has 2 aromatic rings. The number of hydrogen-bond acceptors (Lipinski definition) is 4. The molecule has 0 aliphatic heterocycles. The van der Waals surface area contributed by atoms with Crippen molar-refractivity contribution in [1.29, 1.82) is 0 Å². The van der Waals surface area contributed by atoms with Crippen LogP contribution in [0.1, 0.15) is 24.1 Å². The molecule has 102 valence electrons. The van der Waals surface area contributed by atoms with E-state index in [1.807, 2.05) is 31.3 Å². The first-order chi connectivity index (χ1) is 9.21. The predicted octanol–water partition coefficient (Wildman–Crippen LogP) is 2.42. The molecule has 1 aromatic heterocycles. The third kappa shape index (κ3) is 3.83. The van der Waals surface area contributed by atoms with Crippen molar-refractivity contribution in [3.63, 3.8) is 0 Å². The quantitative estimate of drug-likeness (QED) is 0.866. The van der Waals surface area contributed by atoms with Gasteiger partial charge < -0.3 is 14.5 Å². The molecule has 4 nitrogen and oxygen atoms in total. The highest BCUT2D eigenvalue weighted by atomic mass is 16.5. The van der Waals surface area contributed by atoms with E-state index in [1.54, 1.807) is 13.4 Å². The molecule has 1 N–H and O–H groups in total. The normalized spacial score (nSPS) is 12.4. The third-order valence-corrected chi connectivity index (χ3v) is 3.12. The van der Waals surface area contributed by atoms with Crippen LogP contribution in [0.15, 0.2) is 34.9 Å². The summed E-state index contributed by atoms with van der Waals surface area (Å²) in [5.41, 5.74) is 2.15. The minimum Gasteiger partial charge on any atom is -0.497 e. The molecule has 0 saturated heterocycles. The van der Waals surface area contributed by atoms with Gasteiger partial charge in [-0.3, -0.25) is 0 Å². The maximum Gasteiger partial charge on any atom is 0.198 e. The van der Waals surface area contributed by atoms with Gasteiger partial charge in [0.1, 0.15) is 12.0 Å². The van der Waals surface area contributed by atoms with E-state index < -0.39 is 0 Å². The fourth-order valence-corrected chi connectivity index (χ4v) is 1.86. The summed E-state index contributed by atoms with van der Waals surface area (Å²) >= 11 is 0. The maximum absolute atomic E-state index is 5.50. The van der Waals surface area contributed by atoms with Crippen LogP contribution in [0.2, 0.25) is 0 Å². The lowest BCUT2D eigenvalue weighted by atomic mass is 10.1. The fraction of sp³-hybridized carbons (Fsp3) is 0.400. The van der Waals surface area contributed by atoms with Gasteiger partial charge in [-0.2, -0.15) is 0 Å². The van der Waals surface area contributed by atoms with Gasteiger partial charge in [-0.1, -0.05) is 12.1 Å². The van der Waals surface area contributed by atoms with E-state index in [0.29, 0.717) is 12.5 Å². The number of oxazole rings is 1. The molecule has 1 atom stereocenters. The van der Waals surface area contributed by atoms with Crippen molar-refractivity contribution in [2.75, 3.05) is 14.2 Å². The first-order valence-corrected chi connectivity index (χ1v) is 6.44. The van der Waals surface area contributed by atoms with Crippen LogP contribution in [0.3, 0.4) is 0 Å². The van der Waals surface area contributed by atoms with E-state index in [2.05, 4.69) is 17.2 Å². The van der Waals surface area contributed by atoms with Gasteiger partial charge in [-0.05, 0) is 31.7 Å². The average molecular weight is 260 g/mol. The molecule has 2 rings (SSSR count). The summed E-state index contributed by atoms with van der Waals surface area (Å²) in [5.74, 6) is 1.61. The Balaban J connectivity index is 1.98. The number of aromatic nitrogens is 1. The summed E-state index contributed by atoms with van der Waals surface area (Å²) in [7, 11) is 3.61. The largest absolute Gasteiger partial charge is 0.497 e. The highest BCUT2D eigenvalue weighted by Gasteiger charge is 2.08. The molecule has 0 spiro atoms. The zero-order valence-electron chi connectivity index (χ0n) is 11.6. The second-order valence-corrected chi connectivity index (χ2v) is 4.65. The van der Waals surface area contributed by atoms with Crippen LogP contribution in [-0.4, -0.2) is 25.2 Å². The van der Waals surface area contributed by atoms with Crippen LogP contribution < -0.4 is 10.1 Å². The van der Waals surface area contributed by atoms with Crippen LogP contribution in [0, 0.1) is 0 Å². The molecule has 0 radical (unpaired) electrons. The number of rotatable bonds is 6. The highest BCUT2D eigenvalue weighted by Crippen LogP contribution is 2.15. The van der Waals surface area contributed by atoms with E-state index in [9.17, 15) is 0 Å². The third-order valence-electron chi connectivity index (χ3n) is 3.12. The van der Waals surface area contributed by atoms with Gasteiger partial charge in [-0.15, -0.1) is 0 Å². The Morgan fingerprint density at radius 2 is 2.05 bits per heavy atom. The Labute approximate surface area is 113 Å². The maximum atomic E-state index is 5.50. The van der Waals surface area contributed by atoms with Crippen molar-refractivity contribution in [2.24, 2.45) is 0 Å². The van der Waals surface area contributed by atoms with Crippen molar-refractivity contribution in [3.8, 4) is 5.75 Å². The Hall–Kier alpha value is -1.81. The molecule has 0 aliphatic rings. The van der Waals surface area contributed by atoms with Crippen LogP contribution in [0.5, 0.6) is 5.75 Å². The topological polar surface area (TPSA) is 47.3 Å². The molecule has 1 aromatic carbocycles. The molecule has 1 unspecified atom stereocenters. The summed E-state index contributed by atoms with van der Waals surface area (Å²) in [6.45, 7) is 2.12. The Morgan fingerprint density at radius 1 is 1.32 bits per heavy atom. The standard InChI is InChI=1S/C15H20N2O2/c1-11(16-2)8-13-10-19-15(17-13)9-12-4-6-14(18-3)7-5-12/h4-7,10-11,16H,8-9H2,1-3H3. The number of nitrogens with zero attached hydrogens (tertiary/aromatic N) is 1. The second kappa shape index (κ2) is 6.38. The predicted molar refractivity (Wildman–Crippen MR) is 74.5 cm³/mol. The van der Waals surface area contributed by atoms with E-state index in [-0.39, 0.29) is 0 Å². The lowest BCUT2D eigenvalue weighted by molar-refractivity contribution is 0.414. The molecular weight excluding hydrogens is 240 g/mol. The molecule has 0 fully saturated rings. The van der Waals surface area contributed by atoms with Crippen molar-refractivity contribution in [1.82, 2.24) is 10.3 Å². The number of ether oxygens (including phenoxy) is 1. The van der Waals surface area contributed by atoms with Gasteiger partial charge in [0.2, 0.25) is 0 Å². The van der Waals surface area contributed by atoms with Gasteiger partial charge in [-0.25, -0.2) is 4.98 Å². The van der Waals surface area contributed by atoms with Gasteiger partial charge in [0.15, 0.2) is 5.89 Å². The number of benzene rings is 1. The Kier molecular flexibility index (Phi) is 4.58. The van der Waals surface area contributed by atoms with Crippen molar-refractivity contribution >= 4 is 0 Å².